The second-order valence-electron chi connectivity index (χ2n) is 5.48. The molecule has 0 saturated heterocycles. The van der Waals surface area contributed by atoms with Gasteiger partial charge in [-0.3, -0.25) is 4.79 Å². The number of amides is 1. The summed E-state index contributed by atoms with van der Waals surface area (Å²) in [6, 6.07) is 8.38. The van der Waals surface area contributed by atoms with Crippen molar-refractivity contribution >= 4 is 5.91 Å². The summed E-state index contributed by atoms with van der Waals surface area (Å²) in [4.78, 5) is 13.3. The van der Waals surface area contributed by atoms with E-state index in [1.807, 2.05) is 12.1 Å². The minimum atomic E-state index is -0.467. The highest BCUT2D eigenvalue weighted by Gasteiger charge is 2.16. The number of nitrogens with one attached hydrogen (secondary N) is 1. The van der Waals surface area contributed by atoms with E-state index in [1.54, 1.807) is 25.9 Å². The van der Waals surface area contributed by atoms with Crippen molar-refractivity contribution < 1.29 is 9.53 Å². The Morgan fingerprint density at radius 3 is 2.33 bits per heavy atom. The number of carbonyl (C=O) groups excluding carboxylic acids is 1. The number of likely N-dealkylation sites (N-methyl/N-ethyl adjacent to an activating group) is 1. The van der Waals surface area contributed by atoms with E-state index in [4.69, 9.17) is 4.74 Å². The second kappa shape index (κ2) is 8.67. The summed E-state index contributed by atoms with van der Waals surface area (Å²) in [7, 11) is 3.47. The van der Waals surface area contributed by atoms with Crippen molar-refractivity contribution in [2.75, 3.05) is 20.6 Å². The van der Waals surface area contributed by atoms with Crippen LogP contribution in [0.3, 0.4) is 0 Å². The van der Waals surface area contributed by atoms with Crippen LogP contribution in [0, 0.1) is 0 Å². The average molecular weight is 292 g/mol. The Bertz CT molecular complexity index is 429. The minimum Gasteiger partial charge on any atom is -0.481 e. The molecule has 0 radical (unpaired) electrons. The molecule has 4 heteroatoms. The van der Waals surface area contributed by atoms with E-state index in [1.165, 1.54) is 5.56 Å². The third kappa shape index (κ3) is 5.38. The van der Waals surface area contributed by atoms with Crippen LogP contribution in [0.4, 0.5) is 0 Å². The number of hydrogen-bond donors (Lipinski definition) is 1. The van der Waals surface area contributed by atoms with Crippen LogP contribution < -0.4 is 10.1 Å². The van der Waals surface area contributed by atoms with E-state index in [-0.39, 0.29) is 5.91 Å². The third-order valence-corrected chi connectivity index (χ3v) is 3.43. The van der Waals surface area contributed by atoms with Crippen LogP contribution in [0.1, 0.15) is 45.2 Å². The number of rotatable bonds is 8. The van der Waals surface area contributed by atoms with Crippen LogP contribution in [0.15, 0.2) is 24.3 Å². The molecule has 0 aliphatic carbocycles. The molecule has 1 aromatic carbocycles. The van der Waals surface area contributed by atoms with Crippen molar-refractivity contribution in [1.82, 2.24) is 10.2 Å². The lowest BCUT2D eigenvalue weighted by atomic mass is 10.0. The van der Waals surface area contributed by atoms with Crippen LogP contribution in [-0.2, 0) is 4.79 Å². The van der Waals surface area contributed by atoms with Gasteiger partial charge in [-0.25, -0.2) is 0 Å². The molecule has 2 atom stereocenters. The predicted octanol–water partition coefficient (Wildman–Crippen LogP) is 2.99. The van der Waals surface area contributed by atoms with Gasteiger partial charge in [0.05, 0.1) is 0 Å². The molecular weight excluding hydrogens is 264 g/mol. The number of carbonyl (C=O) groups is 1. The summed E-state index contributed by atoms with van der Waals surface area (Å²) in [5.74, 6) is 0.696. The first-order valence-corrected chi connectivity index (χ1v) is 7.70. The molecule has 0 heterocycles. The zero-order chi connectivity index (χ0) is 15.8. The van der Waals surface area contributed by atoms with E-state index in [9.17, 15) is 4.79 Å². The first-order valence-electron chi connectivity index (χ1n) is 7.70. The van der Waals surface area contributed by atoms with Crippen LogP contribution in [0.2, 0.25) is 0 Å². The van der Waals surface area contributed by atoms with Crippen molar-refractivity contribution in [3.05, 3.63) is 29.8 Å². The molecule has 0 fully saturated rings. The lowest BCUT2D eigenvalue weighted by molar-refractivity contribution is -0.135. The maximum atomic E-state index is 11.8. The Hall–Kier alpha value is -1.55. The molecule has 0 saturated carbocycles. The Kier molecular flexibility index (Phi) is 7.23. The van der Waals surface area contributed by atoms with E-state index in [2.05, 4.69) is 31.3 Å². The molecule has 4 nitrogen and oxygen atoms in total. The monoisotopic (exact) mass is 292 g/mol. The quantitative estimate of drug-likeness (QED) is 0.801. The summed E-state index contributed by atoms with van der Waals surface area (Å²) in [6.07, 6.45) is 1.71. The van der Waals surface area contributed by atoms with Crippen LogP contribution in [0.25, 0.3) is 0 Å². The van der Waals surface area contributed by atoms with Crippen molar-refractivity contribution in [3.8, 4) is 5.75 Å². The first kappa shape index (κ1) is 17.5. The Morgan fingerprint density at radius 1 is 1.24 bits per heavy atom. The van der Waals surface area contributed by atoms with Gasteiger partial charge in [0.2, 0.25) is 0 Å². The lowest BCUT2D eigenvalue weighted by Gasteiger charge is -2.20. The zero-order valence-electron chi connectivity index (χ0n) is 13.8. The molecule has 1 N–H and O–H groups in total. The predicted molar refractivity (Wildman–Crippen MR) is 86.6 cm³/mol. The maximum absolute atomic E-state index is 11.8. The first-order chi connectivity index (χ1) is 9.99. The average Bonchev–Trinajstić information content (AvgIpc) is 2.48. The summed E-state index contributed by atoms with van der Waals surface area (Å²) >= 11 is 0. The fourth-order valence-corrected chi connectivity index (χ4v) is 2.21. The summed E-state index contributed by atoms with van der Waals surface area (Å²) in [6.45, 7) is 7.13. The van der Waals surface area contributed by atoms with Crippen molar-refractivity contribution in [2.45, 2.75) is 45.8 Å². The molecule has 118 valence electrons. The van der Waals surface area contributed by atoms with Gasteiger partial charge in [-0.05, 0) is 44.0 Å². The van der Waals surface area contributed by atoms with Gasteiger partial charge in [-0.15, -0.1) is 0 Å². The van der Waals surface area contributed by atoms with Crippen LogP contribution >= 0.6 is 0 Å². The van der Waals surface area contributed by atoms with Crippen molar-refractivity contribution in [1.29, 1.82) is 0 Å². The third-order valence-electron chi connectivity index (χ3n) is 3.43. The Labute approximate surface area is 128 Å². The molecule has 1 amide bonds. The Morgan fingerprint density at radius 2 is 1.86 bits per heavy atom. The number of hydrogen-bond acceptors (Lipinski definition) is 3. The van der Waals surface area contributed by atoms with Gasteiger partial charge in [0.1, 0.15) is 5.75 Å². The molecule has 0 bridgehead atoms. The van der Waals surface area contributed by atoms with Crippen LogP contribution in [0.5, 0.6) is 5.75 Å². The van der Waals surface area contributed by atoms with Gasteiger partial charge in [-0.2, -0.15) is 0 Å². The minimum absolute atomic E-state index is 0.0323. The van der Waals surface area contributed by atoms with Gasteiger partial charge < -0.3 is 15.0 Å². The highest BCUT2D eigenvalue weighted by Crippen LogP contribution is 2.21. The summed E-state index contributed by atoms with van der Waals surface area (Å²) < 4.78 is 5.68. The van der Waals surface area contributed by atoms with Gasteiger partial charge in [0.25, 0.3) is 5.91 Å². The molecule has 2 unspecified atom stereocenters. The van der Waals surface area contributed by atoms with Crippen molar-refractivity contribution in [3.63, 3.8) is 0 Å². The highest BCUT2D eigenvalue weighted by atomic mass is 16.5. The zero-order valence-corrected chi connectivity index (χ0v) is 13.8. The van der Waals surface area contributed by atoms with Gasteiger partial charge >= 0.3 is 0 Å². The van der Waals surface area contributed by atoms with E-state index < -0.39 is 6.10 Å². The fourth-order valence-electron chi connectivity index (χ4n) is 2.21. The highest BCUT2D eigenvalue weighted by molar-refractivity contribution is 5.80. The number of ether oxygens (including phenoxy) is 1. The van der Waals surface area contributed by atoms with E-state index >= 15 is 0 Å². The van der Waals surface area contributed by atoms with Crippen LogP contribution in [-0.4, -0.2) is 37.6 Å². The molecule has 0 aliphatic heterocycles. The van der Waals surface area contributed by atoms with E-state index in [0.717, 1.165) is 25.1 Å². The molecule has 21 heavy (non-hydrogen) atoms. The topological polar surface area (TPSA) is 41.6 Å². The normalized spacial score (nSPS) is 13.6. The SMILES string of the molecule is CCCNC(CC)c1ccc(OC(C)C(=O)N(C)C)cc1. The van der Waals surface area contributed by atoms with Gasteiger partial charge in [0, 0.05) is 20.1 Å². The molecule has 1 rings (SSSR count). The van der Waals surface area contributed by atoms with Gasteiger partial charge in [0.15, 0.2) is 6.10 Å². The standard InChI is InChI=1S/C17H28N2O2/c1-6-12-18-16(7-2)14-8-10-15(11-9-14)21-13(3)17(20)19(4)5/h8-11,13,16,18H,6-7,12H2,1-5H3. The molecular formula is C17H28N2O2. The van der Waals surface area contributed by atoms with Crippen molar-refractivity contribution in [2.24, 2.45) is 0 Å². The second-order valence-corrected chi connectivity index (χ2v) is 5.48. The largest absolute Gasteiger partial charge is 0.481 e. The number of benzene rings is 1. The molecule has 0 spiro atoms. The van der Waals surface area contributed by atoms with E-state index in [0.29, 0.717) is 6.04 Å². The van der Waals surface area contributed by atoms with Gasteiger partial charge in [-0.1, -0.05) is 26.0 Å². The molecule has 0 aromatic heterocycles. The lowest BCUT2D eigenvalue weighted by Crippen LogP contribution is -2.35. The molecule has 0 aliphatic rings. The Balaban J connectivity index is 2.66. The molecule has 1 aromatic rings. The number of nitrogens with zero attached hydrogens (tertiary/aromatic N) is 1. The fraction of sp³-hybridized carbons (Fsp3) is 0.588. The summed E-state index contributed by atoms with van der Waals surface area (Å²) in [5.41, 5.74) is 1.25. The summed E-state index contributed by atoms with van der Waals surface area (Å²) in [5, 5.41) is 3.53. The smallest absolute Gasteiger partial charge is 0.262 e. The maximum Gasteiger partial charge on any atom is 0.262 e.